The summed E-state index contributed by atoms with van der Waals surface area (Å²) in [6.45, 7) is 2.05. The predicted molar refractivity (Wildman–Crippen MR) is 202 cm³/mol. The Balaban J connectivity index is 1.14. The molecule has 0 spiro atoms. The van der Waals surface area contributed by atoms with Gasteiger partial charge in [-0.1, -0.05) is 121 Å². The van der Waals surface area contributed by atoms with Crippen molar-refractivity contribution in [2.75, 3.05) is 0 Å². The fourth-order valence-corrected chi connectivity index (χ4v) is 6.58. The van der Waals surface area contributed by atoms with Crippen molar-refractivity contribution in [1.29, 1.82) is 0 Å². The maximum atomic E-state index is 6.50. The zero-order valence-corrected chi connectivity index (χ0v) is 27.3. The molecular weight excluding hydrogens is 613 g/mol. The monoisotopic (exact) mass is 642 g/mol. The molecule has 0 radical (unpaired) electrons. The molecule has 0 amide bonds. The molecule has 0 saturated heterocycles. The van der Waals surface area contributed by atoms with Gasteiger partial charge >= 0.3 is 0 Å². The molecule has 3 aromatic heterocycles. The van der Waals surface area contributed by atoms with Gasteiger partial charge in [0.25, 0.3) is 0 Å². The van der Waals surface area contributed by atoms with E-state index >= 15 is 0 Å². The van der Waals surface area contributed by atoms with E-state index in [9.17, 15) is 0 Å². The summed E-state index contributed by atoms with van der Waals surface area (Å²) in [6.07, 6.45) is 3.74. The van der Waals surface area contributed by atoms with Crippen molar-refractivity contribution in [3.63, 3.8) is 0 Å². The summed E-state index contributed by atoms with van der Waals surface area (Å²) < 4.78 is 6.50. The van der Waals surface area contributed by atoms with E-state index in [-0.39, 0.29) is 0 Å². The smallest absolute Gasteiger partial charge is 0.164 e. The molecule has 3 heterocycles. The Hall–Kier alpha value is -6.72. The van der Waals surface area contributed by atoms with Gasteiger partial charge in [0.05, 0.1) is 0 Å². The molecular formula is C45H30N4O. The number of benzene rings is 6. The molecule has 0 N–H and O–H groups in total. The SMILES string of the molecule is Cc1cncc(-c2cccc(-c3nc(-c4ccccc4)nc(-c4ccc5c(c4)oc4cccc(-c6ccc(-c7ccccc7)cc6)c45)n3)c2)c1. The highest BCUT2D eigenvalue weighted by atomic mass is 16.3. The quantitative estimate of drug-likeness (QED) is 0.181. The number of aryl methyl sites for hydroxylation is 1. The van der Waals surface area contributed by atoms with Crippen LogP contribution in [0.2, 0.25) is 0 Å². The molecule has 6 aromatic carbocycles. The van der Waals surface area contributed by atoms with Crippen LogP contribution in [0.5, 0.6) is 0 Å². The molecule has 0 bridgehead atoms. The van der Waals surface area contributed by atoms with Crippen molar-refractivity contribution in [3.8, 4) is 67.5 Å². The van der Waals surface area contributed by atoms with Crippen molar-refractivity contribution in [2.45, 2.75) is 6.92 Å². The number of pyridine rings is 1. The van der Waals surface area contributed by atoms with Crippen LogP contribution in [0.25, 0.3) is 89.5 Å². The Morgan fingerprint density at radius 3 is 1.72 bits per heavy atom. The van der Waals surface area contributed by atoms with Crippen LogP contribution in [0.3, 0.4) is 0 Å². The van der Waals surface area contributed by atoms with Crippen LogP contribution >= 0.6 is 0 Å². The Morgan fingerprint density at radius 2 is 0.980 bits per heavy atom. The second-order valence-corrected chi connectivity index (χ2v) is 12.4. The van der Waals surface area contributed by atoms with E-state index in [4.69, 9.17) is 19.4 Å². The second-order valence-electron chi connectivity index (χ2n) is 12.4. The molecule has 0 atom stereocenters. The summed E-state index contributed by atoms with van der Waals surface area (Å²) in [7, 11) is 0. The number of nitrogens with zero attached hydrogens (tertiary/aromatic N) is 4. The topological polar surface area (TPSA) is 64.7 Å². The van der Waals surface area contributed by atoms with Gasteiger partial charge in [-0.2, -0.15) is 0 Å². The second kappa shape index (κ2) is 12.4. The Labute approximate surface area is 289 Å². The zero-order chi connectivity index (χ0) is 33.4. The summed E-state index contributed by atoms with van der Waals surface area (Å²) in [5, 5.41) is 2.13. The van der Waals surface area contributed by atoms with Gasteiger partial charge < -0.3 is 4.42 Å². The number of fused-ring (bicyclic) bond motifs is 3. The van der Waals surface area contributed by atoms with Gasteiger partial charge in [0.1, 0.15) is 11.2 Å². The maximum absolute atomic E-state index is 6.50. The lowest BCUT2D eigenvalue weighted by atomic mass is 9.96. The van der Waals surface area contributed by atoms with Crippen LogP contribution < -0.4 is 0 Å². The summed E-state index contributed by atoms with van der Waals surface area (Å²) in [5.41, 5.74) is 12.2. The number of hydrogen-bond acceptors (Lipinski definition) is 5. The van der Waals surface area contributed by atoms with E-state index in [1.165, 1.54) is 11.1 Å². The highest BCUT2D eigenvalue weighted by molar-refractivity contribution is 6.13. The van der Waals surface area contributed by atoms with E-state index in [1.54, 1.807) is 0 Å². The third kappa shape index (κ3) is 5.51. The first-order valence-electron chi connectivity index (χ1n) is 16.6. The number of rotatable bonds is 6. The average molecular weight is 643 g/mol. The van der Waals surface area contributed by atoms with Gasteiger partial charge in [-0.05, 0) is 70.6 Å². The molecule has 5 nitrogen and oxygen atoms in total. The summed E-state index contributed by atoms with van der Waals surface area (Å²) in [5.74, 6) is 1.79. The highest BCUT2D eigenvalue weighted by Gasteiger charge is 2.17. The minimum absolute atomic E-state index is 0.579. The fraction of sp³-hybridized carbons (Fsp3) is 0.0222. The number of aromatic nitrogens is 4. The molecule has 0 unspecified atom stereocenters. The van der Waals surface area contributed by atoms with E-state index in [1.807, 2.05) is 80.0 Å². The largest absolute Gasteiger partial charge is 0.456 e. The van der Waals surface area contributed by atoms with Gasteiger partial charge in [-0.3, -0.25) is 4.98 Å². The minimum Gasteiger partial charge on any atom is -0.456 e. The third-order valence-electron chi connectivity index (χ3n) is 9.05. The molecule has 0 aliphatic rings. The van der Waals surface area contributed by atoms with E-state index in [0.29, 0.717) is 17.5 Å². The Kier molecular flexibility index (Phi) is 7.29. The first kappa shape index (κ1) is 29.4. The highest BCUT2D eigenvalue weighted by Crippen LogP contribution is 2.39. The first-order chi connectivity index (χ1) is 24.7. The van der Waals surface area contributed by atoms with Gasteiger partial charge in [-0.15, -0.1) is 0 Å². The van der Waals surface area contributed by atoms with E-state index in [0.717, 1.165) is 66.4 Å². The molecule has 9 aromatic rings. The van der Waals surface area contributed by atoms with E-state index < -0.39 is 0 Å². The molecule has 236 valence electrons. The standard InChI is InChI=1S/C45H30N4O/c1-29-24-37(28-46-27-29)34-14-8-15-35(25-34)44-47-43(33-12-6-3-7-13-33)48-45(49-44)36-22-23-39-41(26-36)50-40-17-9-16-38(42(39)40)32-20-18-31(19-21-32)30-10-4-2-5-11-30/h2-28H,1H3. The normalized spacial score (nSPS) is 11.3. The maximum Gasteiger partial charge on any atom is 0.164 e. The molecule has 0 aliphatic heterocycles. The van der Waals surface area contributed by atoms with Crippen LogP contribution in [0.4, 0.5) is 0 Å². The molecule has 0 fully saturated rings. The lowest BCUT2D eigenvalue weighted by Crippen LogP contribution is -2.00. The van der Waals surface area contributed by atoms with Crippen LogP contribution in [-0.2, 0) is 0 Å². The summed E-state index contributed by atoms with van der Waals surface area (Å²) in [4.78, 5) is 19.4. The summed E-state index contributed by atoms with van der Waals surface area (Å²) in [6, 6.07) is 52.1. The van der Waals surface area contributed by atoms with Crippen molar-refractivity contribution in [3.05, 3.63) is 170 Å². The zero-order valence-electron chi connectivity index (χ0n) is 27.3. The molecule has 9 rings (SSSR count). The Bertz CT molecular complexity index is 2650. The molecule has 50 heavy (non-hydrogen) atoms. The molecule has 0 saturated carbocycles. The third-order valence-corrected chi connectivity index (χ3v) is 9.05. The molecule has 0 aliphatic carbocycles. The Morgan fingerprint density at radius 1 is 0.400 bits per heavy atom. The first-order valence-corrected chi connectivity index (χ1v) is 16.6. The van der Waals surface area contributed by atoms with Gasteiger partial charge in [-0.25, -0.2) is 15.0 Å². The average Bonchev–Trinajstić information content (AvgIpc) is 3.57. The minimum atomic E-state index is 0.579. The van der Waals surface area contributed by atoms with Crippen molar-refractivity contribution < 1.29 is 4.42 Å². The van der Waals surface area contributed by atoms with Gasteiger partial charge in [0, 0.05) is 45.4 Å². The summed E-state index contributed by atoms with van der Waals surface area (Å²) >= 11 is 0. The van der Waals surface area contributed by atoms with E-state index in [2.05, 4.69) is 96.0 Å². The van der Waals surface area contributed by atoms with Gasteiger partial charge in [0.2, 0.25) is 0 Å². The predicted octanol–water partition coefficient (Wildman–Crippen LogP) is 11.5. The lowest BCUT2D eigenvalue weighted by molar-refractivity contribution is 0.669. The van der Waals surface area contributed by atoms with Gasteiger partial charge in [0.15, 0.2) is 17.5 Å². The van der Waals surface area contributed by atoms with Crippen LogP contribution in [-0.4, -0.2) is 19.9 Å². The van der Waals surface area contributed by atoms with Crippen molar-refractivity contribution in [2.24, 2.45) is 0 Å². The fourth-order valence-electron chi connectivity index (χ4n) is 6.58. The van der Waals surface area contributed by atoms with Crippen molar-refractivity contribution in [1.82, 2.24) is 19.9 Å². The molecule has 5 heteroatoms. The number of furan rings is 1. The number of hydrogen-bond donors (Lipinski definition) is 0. The van der Waals surface area contributed by atoms with Crippen LogP contribution in [0.1, 0.15) is 5.56 Å². The van der Waals surface area contributed by atoms with Crippen molar-refractivity contribution >= 4 is 21.9 Å². The lowest BCUT2D eigenvalue weighted by Gasteiger charge is -2.10. The van der Waals surface area contributed by atoms with Crippen LogP contribution in [0, 0.1) is 6.92 Å². The van der Waals surface area contributed by atoms with Crippen LogP contribution in [0.15, 0.2) is 168 Å².